The van der Waals surface area contributed by atoms with Crippen molar-refractivity contribution in [3.05, 3.63) is 58.5 Å². The number of rotatable bonds is 10. The number of nitrogens with zero attached hydrogens (tertiary/aromatic N) is 2. The molecule has 4 heterocycles. The molecule has 4 aliphatic rings. The zero-order valence-corrected chi connectivity index (χ0v) is 22.3. The molecule has 1 saturated carbocycles. The van der Waals surface area contributed by atoms with Crippen LogP contribution >= 0.6 is 0 Å². The molecule has 38 heavy (non-hydrogen) atoms. The molecule has 1 aromatic heterocycles. The Hall–Kier alpha value is -2.35. The number of hydrogen-bond acceptors (Lipinski definition) is 6. The van der Waals surface area contributed by atoms with Crippen molar-refractivity contribution in [3.8, 4) is 0 Å². The summed E-state index contributed by atoms with van der Waals surface area (Å²) in [7, 11) is 0. The number of pyridine rings is 1. The molecule has 7 heteroatoms. The largest absolute Gasteiger partial charge is 0.377 e. The summed E-state index contributed by atoms with van der Waals surface area (Å²) in [5.41, 5.74) is 4.58. The summed E-state index contributed by atoms with van der Waals surface area (Å²) in [5.74, 6) is 0.755. The van der Waals surface area contributed by atoms with Crippen molar-refractivity contribution in [2.75, 3.05) is 38.2 Å². The highest BCUT2D eigenvalue weighted by Gasteiger charge is 2.46. The van der Waals surface area contributed by atoms with E-state index in [4.69, 9.17) is 14.5 Å². The summed E-state index contributed by atoms with van der Waals surface area (Å²) >= 11 is 0. The minimum absolute atomic E-state index is 0.0608. The number of hydrogen-bond donors (Lipinski definition) is 1. The van der Waals surface area contributed by atoms with E-state index in [0.717, 1.165) is 93.6 Å². The van der Waals surface area contributed by atoms with E-state index in [1.807, 2.05) is 6.07 Å². The zero-order valence-electron chi connectivity index (χ0n) is 22.3. The maximum atomic E-state index is 14.3. The number of aromatic nitrogens is 1. The third-order valence-electron chi connectivity index (χ3n) is 9.03. The van der Waals surface area contributed by atoms with E-state index in [1.165, 1.54) is 37.0 Å². The molecule has 0 radical (unpaired) electrons. The van der Waals surface area contributed by atoms with Crippen LogP contribution in [0.25, 0.3) is 0 Å². The lowest BCUT2D eigenvalue weighted by Gasteiger charge is -2.33. The van der Waals surface area contributed by atoms with Gasteiger partial charge in [0.2, 0.25) is 0 Å². The lowest BCUT2D eigenvalue weighted by molar-refractivity contribution is -0.112. The Morgan fingerprint density at radius 1 is 1.21 bits per heavy atom. The summed E-state index contributed by atoms with van der Waals surface area (Å²) < 4.78 is 26.8. The van der Waals surface area contributed by atoms with E-state index in [0.29, 0.717) is 18.6 Å². The van der Waals surface area contributed by atoms with Crippen LogP contribution in [0.1, 0.15) is 85.9 Å². The first-order valence-corrected chi connectivity index (χ1v) is 14.6. The molecule has 6 rings (SSSR count). The van der Waals surface area contributed by atoms with Crippen molar-refractivity contribution in [2.45, 2.75) is 82.5 Å². The Bertz CT molecular complexity index is 1130. The molecular weight excluding hydrogens is 481 g/mol. The normalized spacial score (nSPS) is 25.1. The number of aldehydes is 1. The van der Waals surface area contributed by atoms with Gasteiger partial charge in [0.15, 0.2) is 0 Å². The third kappa shape index (κ3) is 5.80. The maximum absolute atomic E-state index is 14.3. The van der Waals surface area contributed by atoms with Crippen LogP contribution < -0.4 is 5.32 Å². The summed E-state index contributed by atoms with van der Waals surface area (Å²) in [4.78, 5) is 19.3. The smallest absolute Gasteiger partial charge is 0.141 e. The lowest BCUT2D eigenvalue weighted by atomic mass is 9.88. The number of fused-ring (bicyclic) bond motifs is 1. The first kappa shape index (κ1) is 25.9. The fourth-order valence-corrected chi connectivity index (χ4v) is 6.45. The van der Waals surface area contributed by atoms with Gasteiger partial charge >= 0.3 is 0 Å². The molecule has 0 bridgehead atoms. The average Bonchev–Trinajstić information content (AvgIpc) is 3.53. The van der Waals surface area contributed by atoms with E-state index >= 15 is 0 Å². The van der Waals surface area contributed by atoms with Crippen LogP contribution in [0.3, 0.4) is 0 Å². The zero-order chi connectivity index (χ0) is 26.0. The third-order valence-corrected chi connectivity index (χ3v) is 9.03. The number of carbonyl (C=O) groups is 1. The number of anilines is 1. The molecule has 1 N–H and O–H groups in total. The van der Waals surface area contributed by atoms with Gasteiger partial charge in [-0.15, -0.1) is 0 Å². The second kappa shape index (κ2) is 11.4. The highest BCUT2D eigenvalue weighted by molar-refractivity contribution is 5.63. The van der Waals surface area contributed by atoms with Crippen molar-refractivity contribution >= 4 is 12.1 Å². The molecule has 0 amide bonds. The average molecular weight is 522 g/mol. The number of unbranched alkanes of at least 4 members (excludes halogenated alkanes) is 1. The Morgan fingerprint density at radius 3 is 2.95 bits per heavy atom. The van der Waals surface area contributed by atoms with Gasteiger partial charge in [0.25, 0.3) is 0 Å². The summed E-state index contributed by atoms with van der Waals surface area (Å²) in [6.45, 7) is 3.95. The van der Waals surface area contributed by atoms with Gasteiger partial charge in [-0.1, -0.05) is 12.1 Å². The number of nitrogens with one attached hydrogen (secondary N) is 1. The number of benzene rings is 1. The molecule has 0 unspecified atom stereocenters. The van der Waals surface area contributed by atoms with Crippen molar-refractivity contribution < 1.29 is 18.7 Å². The number of halogens is 1. The minimum atomic E-state index is -0.474. The highest BCUT2D eigenvalue weighted by atomic mass is 19.1. The molecule has 3 aliphatic heterocycles. The Morgan fingerprint density at radius 2 is 2.13 bits per heavy atom. The van der Waals surface area contributed by atoms with Gasteiger partial charge in [0.05, 0.1) is 24.9 Å². The predicted molar refractivity (Wildman–Crippen MR) is 145 cm³/mol. The molecule has 204 valence electrons. The fourth-order valence-electron chi connectivity index (χ4n) is 6.45. The van der Waals surface area contributed by atoms with Gasteiger partial charge in [0.1, 0.15) is 17.9 Å². The summed E-state index contributed by atoms with van der Waals surface area (Å²) in [5, 5.41) is 3.41. The molecular formula is C31H40FN3O3. The molecule has 6 nitrogen and oxygen atoms in total. The second-order valence-electron chi connectivity index (χ2n) is 11.8. The van der Waals surface area contributed by atoms with E-state index in [2.05, 4.69) is 22.3 Å². The summed E-state index contributed by atoms with van der Waals surface area (Å²) in [6, 6.07) is 8.76. The molecule has 1 aliphatic carbocycles. The van der Waals surface area contributed by atoms with Gasteiger partial charge < -0.3 is 19.6 Å². The molecule has 3 fully saturated rings. The van der Waals surface area contributed by atoms with Gasteiger partial charge in [-0.05, 0) is 105 Å². The summed E-state index contributed by atoms with van der Waals surface area (Å²) in [6.07, 6.45) is 11.7. The number of carbonyl (C=O) groups excluding carboxylic acids is 1. The molecule has 3 atom stereocenters. The first-order valence-electron chi connectivity index (χ1n) is 14.6. The lowest BCUT2D eigenvalue weighted by Crippen LogP contribution is -2.31. The molecule has 2 saturated heterocycles. The van der Waals surface area contributed by atoms with Crippen molar-refractivity contribution in [1.29, 1.82) is 0 Å². The van der Waals surface area contributed by atoms with Crippen molar-refractivity contribution in [1.82, 2.24) is 9.88 Å². The highest BCUT2D eigenvalue weighted by Crippen LogP contribution is 2.54. The van der Waals surface area contributed by atoms with E-state index < -0.39 is 6.04 Å². The van der Waals surface area contributed by atoms with Crippen LogP contribution in [0.5, 0.6) is 0 Å². The fraction of sp³-hybridized carbons (Fsp3) is 0.613. The molecule has 2 aromatic rings. The van der Waals surface area contributed by atoms with Crippen LogP contribution in [-0.2, 0) is 27.1 Å². The topological polar surface area (TPSA) is 63.7 Å². The Balaban J connectivity index is 0.995. The second-order valence-corrected chi connectivity index (χ2v) is 11.8. The van der Waals surface area contributed by atoms with E-state index in [-0.39, 0.29) is 18.0 Å². The molecule has 1 aromatic carbocycles. The van der Waals surface area contributed by atoms with Gasteiger partial charge in [0, 0.05) is 31.9 Å². The number of likely N-dealkylation sites (tertiary alicyclic amines) is 1. The number of aryl methyl sites for hydroxylation is 2. The first-order chi connectivity index (χ1) is 18.6. The van der Waals surface area contributed by atoms with Crippen LogP contribution in [0.2, 0.25) is 0 Å². The van der Waals surface area contributed by atoms with Crippen LogP contribution in [0.15, 0.2) is 30.3 Å². The molecule has 1 spiro atoms. The number of ether oxygens (including phenoxy) is 2. The quantitative estimate of drug-likeness (QED) is 0.326. The van der Waals surface area contributed by atoms with Crippen LogP contribution in [-0.4, -0.2) is 55.1 Å². The van der Waals surface area contributed by atoms with E-state index in [1.54, 1.807) is 0 Å². The Kier molecular flexibility index (Phi) is 7.77. The Labute approximate surface area is 225 Å². The van der Waals surface area contributed by atoms with Crippen molar-refractivity contribution in [3.63, 3.8) is 0 Å². The van der Waals surface area contributed by atoms with Crippen LogP contribution in [0.4, 0.5) is 10.2 Å². The van der Waals surface area contributed by atoms with Gasteiger partial charge in [-0.3, -0.25) is 4.90 Å². The van der Waals surface area contributed by atoms with Gasteiger partial charge in [-0.25, -0.2) is 9.37 Å². The standard InChI is InChI=1S/C31H40FN3O3/c32-23-7-9-26(29-10-12-31(13-14-31)21-38-29)27(18-23)28(20-36)35-16-11-25(19-35)37-17-2-1-5-24-8-6-22-4-3-15-33-30(22)34-24/h6-9,18,20,25,28-29H,1-5,10-17,19,21H2,(H,33,34)/t25-,28-,29+/m1/s1. The van der Waals surface area contributed by atoms with Gasteiger partial charge in [-0.2, -0.15) is 0 Å². The maximum Gasteiger partial charge on any atom is 0.141 e. The minimum Gasteiger partial charge on any atom is -0.377 e. The SMILES string of the molecule is O=C[C@H](c1cc(F)ccc1[C@@H]1CCC2(CC2)CO1)N1CC[C@@H](OCCCCc2ccc3c(n2)NCCC3)C1. The van der Waals surface area contributed by atoms with Crippen LogP contribution in [0, 0.1) is 11.2 Å². The monoisotopic (exact) mass is 521 g/mol. The predicted octanol–water partition coefficient (Wildman–Crippen LogP) is 5.56. The van der Waals surface area contributed by atoms with Crippen molar-refractivity contribution in [2.24, 2.45) is 5.41 Å². The van der Waals surface area contributed by atoms with E-state index in [9.17, 15) is 9.18 Å².